The van der Waals surface area contributed by atoms with Crippen molar-refractivity contribution in [2.75, 3.05) is 0 Å². The number of benzene rings is 1. The molecule has 0 fully saturated rings. The van der Waals surface area contributed by atoms with Crippen molar-refractivity contribution in [1.29, 1.82) is 0 Å². The third-order valence-corrected chi connectivity index (χ3v) is 4.54. The molecule has 0 aliphatic rings. The molecule has 0 saturated carbocycles. The van der Waals surface area contributed by atoms with Crippen LogP contribution in [0, 0.1) is 6.92 Å². The molecule has 4 nitrogen and oxygen atoms in total. The summed E-state index contributed by atoms with van der Waals surface area (Å²) in [7, 11) is 0. The van der Waals surface area contributed by atoms with Gasteiger partial charge in [0.05, 0.1) is 5.69 Å². The quantitative estimate of drug-likeness (QED) is 0.674. The van der Waals surface area contributed by atoms with Crippen LogP contribution in [0.3, 0.4) is 0 Å². The maximum absolute atomic E-state index is 4.63. The van der Waals surface area contributed by atoms with Crippen molar-refractivity contribution in [1.82, 2.24) is 14.8 Å². The Morgan fingerprint density at radius 3 is 2.82 bits per heavy atom. The lowest BCUT2D eigenvalue weighted by Gasteiger charge is -2.06. The summed E-state index contributed by atoms with van der Waals surface area (Å²) in [5.74, 6) is 0.694. The number of hydrogen-bond donors (Lipinski definition) is 1. The Morgan fingerprint density at radius 2 is 2.18 bits per heavy atom. The van der Waals surface area contributed by atoms with E-state index in [1.807, 2.05) is 31.2 Å². The molecular formula is C16H15BrN4S. The van der Waals surface area contributed by atoms with Crippen LogP contribution in [0.4, 0.5) is 5.82 Å². The lowest BCUT2D eigenvalue weighted by atomic mass is 10.2. The van der Waals surface area contributed by atoms with E-state index in [0.717, 1.165) is 26.2 Å². The van der Waals surface area contributed by atoms with Crippen molar-refractivity contribution in [3.63, 3.8) is 0 Å². The van der Waals surface area contributed by atoms with Gasteiger partial charge in [-0.2, -0.15) is 10.1 Å². The van der Waals surface area contributed by atoms with E-state index in [1.165, 1.54) is 0 Å². The number of allylic oxidation sites excluding steroid dienone is 1. The first-order valence-corrected chi connectivity index (χ1v) is 8.46. The van der Waals surface area contributed by atoms with Crippen LogP contribution in [0.5, 0.6) is 0 Å². The molecule has 6 heteroatoms. The number of hydrogen-bond acceptors (Lipinski definition) is 3. The second-order valence-electron chi connectivity index (χ2n) is 4.83. The van der Waals surface area contributed by atoms with Crippen LogP contribution in [-0.2, 0) is 6.54 Å². The fourth-order valence-electron chi connectivity index (χ4n) is 2.13. The third kappa shape index (κ3) is 3.13. The molecule has 0 unspecified atom stereocenters. The van der Waals surface area contributed by atoms with Gasteiger partial charge in [-0.3, -0.25) is 5.10 Å². The smallest absolute Gasteiger partial charge is 0.192 e. The molecule has 0 saturated heterocycles. The van der Waals surface area contributed by atoms with Gasteiger partial charge in [-0.15, -0.1) is 17.9 Å². The number of aryl methyl sites for hydroxylation is 1. The monoisotopic (exact) mass is 374 g/mol. The number of nitrogens with one attached hydrogen (secondary N) is 1. The predicted molar refractivity (Wildman–Crippen MR) is 94.2 cm³/mol. The highest BCUT2D eigenvalue weighted by Crippen LogP contribution is 2.23. The molecule has 1 aromatic carbocycles. The van der Waals surface area contributed by atoms with E-state index in [4.69, 9.17) is 0 Å². The van der Waals surface area contributed by atoms with Crippen molar-refractivity contribution < 1.29 is 0 Å². The Bertz CT molecular complexity index is 855. The Labute approximate surface area is 141 Å². The molecule has 22 heavy (non-hydrogen) atoms. The average molecular weight is 375 g/mol. The molecular weight excluding hydrogens is 360 g/mol. The highest BCUT2D eigenvalue weighted by atomic mass is 79.9. The van der Waals surface area contributed by atoms with Crippen molar-refractivity contribution in [3.8, 4) is 11.3 Å². The first-order valence-electron chi connectivity index (χ1n) is 6.79. The SMILES string of the molecule is C=CCn1c(-c2ccc(Br)cc2)csc1=Nc1cc(C)[nH]n1. The van der Waals surface area contributed by atoms with E-state index < -0.39 is 0 Å². The summed E-state index contributed by atoms with van der Waals surface area (Å²) in [5, 5.41) is 9.20. The van der Waals surface area contributed by atoms with Crippen molar-refractivity contribution in [2.24, 2.45) is 4.99 Å². The maximum atomic E-state index is 4.63. The first kappa shape index (κ1) is 15.0. The first-order chi connectivity index (χ1) is 10.7. The summed E-state index contributed by atoms with van der Waals surface area (Å²) in [6.07, 6.45) is 1.88. The van der Waals surface area contributed by atoms with Crippen LogP contribution in [0.1, 0.15) is 5.69 Å². The van der Waals surface area contributed by atoms with Gasteiger partial charge in [-0.1, -0.05) is 34.1 Å². The van der Waals surface area contributed by atoms with Crippen molar-refractivity contribution >= 4 is 33.1 Å². The molecule has 0 aliphatic heterocycles. The maximum Gasteiger partial charge on any atom is 0.192 e. The Kier molecular flexibility index (Phi) is 4.40. The molecule has 0 bridgehead atoms. The van der Waals surface area contributed by atoms with Gasteiger partial charge >= 0.3 is 0 Å². The minimum absolute atomic E-state index is 0.694. The average Bonchev–Trinajstić information content (AvgIpc) is 3.08. The van der Waals surface area contributed by atoms with Crippen LogP contribution in [0.15, 0.2) is 57.8 Å². The predicted octanol–water partition coefficient (Wildman–Crippen LogP) is 4.43. The van der Waals surface area contributed by atoms with Gasteiger partial charge in [-0.25, -0.2) is 0 Å². The van der Waals surface area contributed by atoms with Crippen LogP contribution < -0.4 is 4.80 Å². The van der Waals surface area contributed by atoms with Gasteiger partial charge < -0.3 is 4.57 Å². The molecule has 2 aromatic heterocycles. The summed E-state index contributed by atoms with van der Waals surface area (Å²) < 4.78 is 3.21. The van der Waals surface area contributed by atoms with Gasteiger partial charge in [0.1, 0.15) is 0 Å². The second-order valence-corrected chi connectivity index (χ2v) is 6.58. The second kappa shape index (κ2) is 6.46. The van der Waals surface area contributed by atoms with E-state index in [-0.39, 0.29) is 0 Å². The number of halogens is 1. The van der Waals surface area contributed by atoms with Gasteiger partial charge in [0.2, 0.25) is 0 Å². The standard InChI is InChI=1S/C16H15BrN4S/c1-3-8-21-14(12-4-6-13(17)7-5-12)10-22-16(21)18-15-9-11(2)19-20-15/h3-7,9-10H,1,8H2,2H3,(H,19,20). The van der Waals surface area contributed by atoms with Gasteiger partial charge in [0.15, 0.2) is 10.6 Å². The van der Waals surface area contributed by atoms with E-state index in [9.17, 15) is 0 Å². The highest BCUT2D eigenvalue weighted by Gasteiger charge is 2.07. The molecule has 0 spiro atoms. The third-order valence-electron chi connectivity index (χ3n) is 3.15. The highest BCUT2D eigenvalue weighted by molar-refractivity contribution is 9.10. The lowest BCUT2D eigenvalue weighted by molar-refractivity contribution is 0.798. The van der Waals surface area contributed by atoms with E-state index >= 15 is 0 Å². The molecule has 2 heterocycles. The normalized spacial score (nSPS) is 11.8. The molecule has 0 radical (unpaired) electrons. The number of nitrogens with zero attached hydrogens (tertiary/aromatic N) is 3. The fraction of sp³-hybridized carbons (Fsp3) is 0.125. The summed E-state index contributed by atoms with van der Waals surface area (Å²) in [4.78, 5) is 5.53. The Hall–Kier alpha value is -1.92. The van der Waals surface area contributed by atoms with Gasteiger partial charge in [-0.05, 0) is 24.6 Å². The molecule has 112 valence electrons. The van der Waals surface area contributed by atoms with Crippen LogP contribution in [0.25, 0.3) is 11.3 Å². The van der Waals surface area contributed by atoms with E-state index in [1.54, 1.807) is 11.3 Å². The largest absolute Gasteiger partial charge is 0.313 e. The Balaban J connectivity index is 2.11. The zero-order valence-electron chi connectivity index (χ0n) is 12.1. The summed E-state index contributed by atoms with van der Waals surface area (Å²) in [5.41, 5.74) is 3.28. The molecule has 1 N–H and O–H groups in total. The Morgan fingerprint density at radius 1 is 1.41 bits per heavy atom. The molecule has 3 aromatic rings. The molecule has 0 aliphatic carbocycles. The number of rotatable bonds is 4. The summed E-state index contributed by atoms with van der Waals surface area (Å²) in [6.45, 7) is 6.52. The summed E-state index contributed by atoms with van der Waals surface area (Å²) >= 11 is 5.07. The van der Waals surface area contributed by atoms with E-state index in [0.29, 0.717) is 12.4 Å². The summed E-state index contributed by atoms with van der Waals surface area (Å²) in [6, 6.07) is 10.2. The molecule has 0 atom stereocenters. The zero-order valence-corrected chi connectivity index (χ0v) is 14.5. The topological polar surface area (TPSA) is 46.0 Å². The number of aromatic amines is 1. The fourth-order valence-corrected chi connectivity index (χ4v) is 3.33. The number of thiazole rings is 1. The van der Waals surface area contributed by atoms with Crippen molar-refractivity contribution in [2.45, 2.75) is 13.5 Å². The van der Waals surface area contributed by atoms with Crippen LogP contribution in [0.2, 0.25) is 0 Å². The molecule has 3 rings (SSSR count). The number of H-pyrrole nitrogens is 1. The van der Waals surface area contributed by atoms with Crippen LogP contribution in [-0.4, -0.2) is 14.8 Å². The minimum atomic E-state index is 0.694. The van der Waals surface area contributed by atoms with Crippen LogP contribution >= 0.6 is 27.3 Å². The van der Waals surface area contributed by atoms with Gasteiger partial charge in [0, 0.05) is 28.2 Å². The van der Waals surface area contributed by atoms with E-state index in [2.05, 4.69) is 59.8 Å². The van der Waals surface area contributed by atoms with Gasteiger partial charge in [0.25, 0.3) is 0 Å². The minimum Gasteiger partial charge on any atom is -0.313 e. The molecule has 0 amide bonds. The number of aromatic nitrogens is 3. The lowest BCUT2D eigenvalue weighted by Crippen LogP contribution is -2.14. The zero-order chi connectivity index (χ0) is 15.5. The van der Waals surface area contributed by atoms with Crippen molar-refractivity contribution in [3.05, 3.63) is 63.3 Å².